The maximum Gasteiger partial charge on any atom is 0.251 e. The van der Waals surface area contributed by atoms with Gasteiger partial charge in [0.25, 0.3) is 5.91 Å². The van der Waals surface area contributed by atoms with Gasteiger partial charge in [-0.15, -0.1) is 0 Å². The Labute approximate surface area is 164 Å². The molecular formula is C19H23N3O5S. The molecule has 9 heteroatoms. The van der Waals surface area contributed by atoms with Crippen LogP contribution in [0.2, 0.25) is 0 Å². The number of amides is 2. The first kappa shape index (κ1) is 21.2. The Bertz CT molecular complexity index is 989. The van der Waals surface area contributed by atoms with Gasteiger partial charge in [-0.3, -0.25) is 13.9 Å². The molecule has 150 valence electrons. The van der Waals surface area contributed by atoms with Gasteiger partial charge >= 0.3 is 0 Å². The molecule has 0 aliphatic rings. The van der Waals surface area contributed by atoms with Crippen molar-refractivity contribution in [1.29, 1.82) is 0 Å². The van der Waals surface area contributed by atoms with Gasteiger partial charge < -0.3 is 15.8 Å². The molecular weight excluding hydrogens is 382 g/mol. The first-order valence-electron chi connectivity index (χ1n) is 8.41. The predicted octanol–water partition coefficient (Wildman–Crippen LogP) is 1.16. The fourth-order valence-electron chi connectivity index (χ4n) is 2.51. The third-order valence-corrected chi connectivity index (χ3v) is 5.36. The van der Waals surface area contributed by atoms with Crippen molar-refractivity contribution in [2.45, 2.75) is 6.42 Å². The first-order chi connectivity index (χ1) is 13.1. The van der Waals surface area contributed by atoms with Crippen molar-refractivity contribution in [2.24, 2.45) is 5.73 Å². The molecule has 0 spiro atoms. The Morgan fingerprint density at radius 1 is 1.14 bits per heavy atom. The van der Waals surface area contributed by atoms with Gasteiger partial charge in [0.2, 0.25) is 15.9 Å². The first-order valence-corrected chi connectivity index (χ1v) is 10.3. The molecule has 2 rings (SSSR count). The number of nitrogens with one attached hydrogen (secondary N) is 1. The van der Waals surface area contributed by atoms with Crippen LogP contribution in [0, 0.1) is 0 Å². The van der Waals surface area contributed by atoms with Gasteiger partial charge in [-0.2, -0.15) is 0 Å². The Kier molecular flexibility index (Phi) is 6.63. The highest BCUT2D eigenvalue weighted by Crippen LogP contribution is 2.20. The highest BCUT2D eigenvalue weighted by atomic mass is 32.2. The number of nitrogens with two attached hydrogens (primary N) is 1. The average Bonchev–Trinajstić information content (AvgIpc) is 2.66. The maximum absolute atomic E-state index is 12.5. The summed E-state index contributed by atoms with van der Waals surface area (Å²) in [5.41, 5.74) is 6.67. The predicted molar refractivity (Wildman–Crippen MR) is 107 cm³/mol. The molecule has 0 unspecified atom stereocenters. The smallest absolute Gasteiger partial charge is 0.251 e. The van der Waals surface area contributed by atoms with E-state index in [-0.39, 0.29) is 16.8 Å². The fourth-order valence-corrected chi connectivity index (χ4v) is 3.00. The molecule has 0 saturated heterocycles. The van der Waals surface area contributed by atoms with Crippen molar-refractivity contribution in [2.75, 3.05) is 31.3 Å². The van der Waals surface area contributed by atoms with Gasteiger partial charge in [0.1, 0.15) is 5.75 Å². The highest BCUT2D eigenvalue weighted by molar-refractivity contribution is 7.92. The number of rotatable bonds is 8. The number of hydrogen-bond acceptors (Lipinski definition) is 5. The van der Waals surface area contributed by atoms with Crippen LogP contribution in [0.25, 0.3) is 0 Å². The number of hydrogen-bond donors (Lipinski definition) is 2. The van der Waals surface area contributed by atoms with E-state index in [1.54, 1.807) is 7.11 Å². The largest absolute Gasteiger partial charge is 0.497 e. The highest BCUT2D eigenvalue weighted by Gasteiger charge is 2.17. The summed E-state index contributed by atoms with van der Waals surface area (Å²) in [5, 5.41) is 2.76. The zero-order chi connectivity index (χ0) is 20.9. The molecule has 0 aromatic heterocycles. The van der Waals surface area contributed by atoms with Crippen molar-refractivity contribution >= 4 is 27.5 Å². The van der Waals surface area contributed by atoms with E-state index in [1.807, 2.05) is 24.3 Å². The van der Waals surface area contributed by atoms with E-state index in [2.05, 4.69) is 5.32 Å². The Morgan fingerprint density at radius 3 is 2.43 bits per heavy atom. The lowest BCUT2D eigenvalue weighted by molar-refractivity contribution is 0.0954. The van der Waals surface area contributed by atoms with E-state index in [0.29, 0.717) is 13.0 Å². The van der Waals surface area contributed by atoms with Gasteiger partial charge in [0.05, 0.1) is 19.1 Å². The second-order valence-electron chi connectivity index (χ2n) is 6.22. The van der Waals surface area contributed by atoms with Crippen LogP contribution in [0.5, 0.6) is 5.75 Å². The van der Waals surface area contributed by atoms with Gasteiger partial charge in [-0.25, -0.2) is 8.42 Å². The zero-order valence-electron chi connectivity index (χ0n) is 15.9. The molecule has 0 aliphatic heterocycles. The Balaban J connectivity index is 2.17. The molecule has 0 heterocycles. The van der Waals surface area contributed by atoms with Crippen LogP contribution < -0.4 is 20.1 Å². The summed E-state index contributed by atoms with van der Waals surface area (Å²) in [5.74, 6) is -0.463. The zero-order valence-corrected chi connectivity index (χ0v) is 16.7. The van der Waals surface area contributed by atoms with Crippen molar-refractivity contribution in [3.8, 4) is 5.75 Å². The van der Waals surface area contributed by atoms with Crippen molar-refractivity contribution in [1.82, 2.24) is 5.32 Å². The van der Waals surface area contributed by atoms with Gasteiger partial charge in [-0.05, 0) is 42.3 Å². The van der Waals surface area contributed by atoms with Crippen molar-refractivity contribution in [3.63, 3.8) is 0 Å². The molecule has 2 aromatic carbocycles. The van der Waals surface area contributed by atoms with Gasteiger partial charge in [0.15, 0.2) is 0 Å². The summed E-state index contributed by atoms with van der Waals surface area (Å²) in [4.78, 5) is 24.1. The molecule has 0 atom stereocenters. The number of ether oxygens (including phenoxy) is 1. The van der Waals surface area contributed by atoms with Crippen LogP contribution in [0.1, 0.15) is 26.3 Å². The molecule has 0 fully saturated rings. The lowest BCUT2D eigenvalue weighted by atomic mass is 10.1. The molecule has 8 nitrogen and oxygen atoms in total. The minimum atomic E-state index is -3.56. The third-order valence-electron chi connectivity index (χ3n) is 4.16. The maximum atomic E-state index is 12.5. The number of sulfonamides is 1. The standard InChI is InChI=1S/C19H23N3O5S/c1-22(28(3,25)26)16-11-14(18(20)23)10-15(12-16)19(24)21-8-7-13-5-4-6-17(9-13)27-2/h4-6,9-12H,7-8H2,1-3H3,(H2,20,23)(H,21,24). The number of carbonyl (C=O) groups is 2. The number of anilines is 1. The number of primary amides is 1. The van der Waals surface area contributed by atoms with Crippen LogP contribution in [-0.2, 0) is 16.4 Å². The van der Waals surface area contributed by atoms with E-state index < -0.39 is 21.8 Å². The monoisotopic (exact) mass is 405 g/mol. The van der Waals surface area contributed by atoms with E-state index in [9.17, 15) is 18.0 Å². The number of nitrogens with zero attached hydrogens (tertiary/aromatic N) is 1. The Hall–Kier alpha value is -3.07. The summed E-state index contributed by atoms with van der Waals surface area (Å²) >= 11 is 0. The second kappa shape index (κ2) is 8.75. The minimum Gasteiger partial charge on any atom is -0.497 e. The van der Waals surface area contributed by atoms with Crippen LogP contribution >= 0.6 is 0 Å². The average molecular weight is 405 g/mol. The number of benzene rings is 2. The molecule has 0 radical (unpaired) electrons. The van der Waals surface area contributed by atoms with Gasteiger partial charge in [-0.1, -0.05) is 12.1 Å². The minimum absolute atomic E-state index is 0.0472. The molecule has 28 heavy (non-hydrogen) atoms. The lowest BCUT2D eigenvalue weighted by Crippen LogP contribution is -2.28. The van der Waals surface area contributed by atoms with Crippen molar-refractivity contribution in [3.05, 3.63) is 59.2 Å². The molecule has 0 saturated carbocycles. The molecule has 2 aromatic rings. The van der Waals surface area contributed by atoms with E-state index >= 15 is 0 Å². The third kappa shape index (κ3) is 5.46. The van der Waals surface area contributed by atoms with Crippen LogP contribution in [0.15, 0.2) is 42.5 Å². The SMILES string of the molecule is COc1cccc(CCNC(=O)c2cc(C(N)=O)cc(N(C)S(C)(=O)=O)c2)c1. The molecule has 3 N–H and O–H groups in total. The van der Waals surface area contributed by atoms with Crippen LogP contribution in [0.4, 0.5) is 5.69 Å². The Morgan fingerprint density at radius 2 is 1.82 bits per heavy atom. The van der Waals surface area contributed by atoms with Crippen LogP contribution in [-0.4, -0.2) is 47.2 Å². The number of carbonyl (C=O) groups excluding carboxylic acids is 2. The lowest BCUT2D eigenvalue weighted by Gasteiger charge is -2.18. The second-order valence-corrected chi connectivity index (χ2v) is 8.23. The number of methoxy groups -OCH3 is 1. The fraction of sp³-hybridized carbons (Fsp3) is 0.263. The quantitative estimate of drug-likeness (QED) is 0.683. The summed E-state index contributed by atoms with van der Waals surface area (Å²) in [6, 6.07) is 11.5. The summed E-state index contributed by atoms with van der Waals surface area (Å²) in [6.45, 7) is 0.351. The molecule has 0 aliphatic carbocycles. The summed E-state index contributed by atoms with van der Waals surface area (Å²) < 4.78 is 29.7. The molecule has 2 amide bonds. The van der Waals surface area contributed by atoms with Crippen molar-refractivity contribution < 1.29 is 22.7 Å². The topological polar surface area (TPSA) is 119 Å². The van der Waals surface area contributed by atoms with E-state index in [0.717, 1.165) is 21.9 Å². The molecule has 0 bridgehead atoms. The normalized spacial score (nSPS) is 11.0. The van der Waals surface area contributed by atoms with E-state index in [1.165, 1.54) is 25.2 Å². The summed E-state index contributed by atoms with van der Waals surface area (Å²) in [7, 11) is -0.648. The van der Waals surface area contributed by atoms with Gasteiger partial charge in [0, 0.05) is 24.7 Å². The summed E-state index contributed by atoms with van der Waals surface area (Å²) in [6.07, 6.45) is 1.60. The van der Waals surface area contributed by atoms with Crippen LogP contribution in [0.3, 0.4) is 0 Å². The van der Waals surface area contributed by atoms with E-state index in [4.69, 9.17) is 10.5 Å².